The van der Waals surface area contributed by atoms with Crippen molar-refractivity contribution < 1.29 is 0 Å². The van der Waals surface area contributed by atoms with Gasteiger partial charge in [-0.05, 0) is 12.1 Å². The molecule has 1 aromatic carbocycles. The van der Waals surface area contributed by atoms with Crippen molar-refractivity contribution in [2.75, 3.05) is 17.3 Å². The number of rotatable bonds is 0. The Morgan fingerprint density at radius 1 is 1.06 bits per heavy atom. The largest absolute Gasteiger partial charge is 0.375 e. The lowest BCUT2D eigenvalue weighted by molar-refractivity contribution is 0.670. The monoisotopic (exact) mass is 228 g/mol. The number of benzene rings is 1. The van der Waals surface area contributed by atoms with E-state index in [1.165, 1.54) is 11.4 Å². The number of anilines is 2. The first kappa shape index (κ1) is 11.8. The molecule has 1 N–H and O–H groups in total. The number of likely N-dealkylation sites (N-methyl/N-ethyl adjacent to an activating group) is 1. The van der Waals surface area contributed by atoms with Gasteiger partial charge in [0, 0.05) is 7.05 Å². The summed E-state index contributed by atoms with van der Waals surface area (Å²) >= 11 is 0. The highest BCUT2D eigenvalue weighted by molar-refractivity contribution is 5.74. The summed E-state index contributed by atoms with van der Waals surface area (Å²) < 4.78 is 0. The number of para-hydroxylation sites is 2. The lowest BCUT2D eigenvalue weighted by Crippen LogP contribution is -2.47. The number of fused-ring (bicyclic) bond motifs is 2. The van der Waals surface area contributed by atoms with Crippen LogP contribution in [0.2, 0.25) is 0 Å². The smallest absolute Gasteiger partial charge is 0.0711 e. The van der Waals surface area contributed by atoms with E-state index >= 15 is 0 Å². The second-order valence-corrected chi connectivity index (χ2v) is 4.06. The summed E-state index contributed by atoms with van der Waals surface area (Å²) in [6.45, 7) is 4.00. The molecule has 0 fully saturated rings. The molecular formula is C15H20N2. The summed E-state index contributed by atoms with van der Waals surface area (Å²) in [5.74, 6) is 0. The molecule has 0 spiro atoms. The SMILES string of the molecule is CC.CN1c2ccccc2NC2C=CC=CC21. The van der Waals surface area contributed by atoms with Crippen molar-refractivity contribution in [1.82, 2.24) is 0 Å². The third-order valence-electron chi connectivity index (χ3n) is 3.16. The first-order chi connectivity index (χ1) is 8.36. The highest BCUT2D eigenvalue weighted by Crippen LogP contribution is 2.34. The van der Waals surface area contributed by atoms with Crippen LogP contribution in [0.3, 0.4) is 0 Å². The molecule has 2 aliphatic rings. The van der Waals surface area contributed by atoms with Crippen molar-refractivity contribution in [2.45, 2.75) is 25.9 Å². The third-order valence-corrected chi connectivity index (χ3v) is 3.16. The van der Waals surface area contributed by atoms with Crippen LogP contribution < -0.4 is 10.2 Å². The molecule has 0 saturated heterocycles. The van der Waals surface area contributed by atoms with E-state index in [9.17, 15) is 0 Å². The number of hydrogen-bond acceptors (Lipinski definition) is 2. The minimum Gasteiger partial charge on any atom is -0.375 e. The van der Waals surface area contributed by atoms with Crippen LogP contribution in [0.25, 0.3) is 0 Å². The summed E-state index contributed by atoms with van der Waals surface area (Å²) in [5, 5.41) is 3.55. The molecule has 1 heterocycles. The lowest BCUT2D eigenvalue weighted by Gasteiger charge is -2.41. The van der Waals surface area contributed by atoms with Gasteiger partial charge in [0.1, 0.15) is 0 Å². The fourth-order valence-corrected chi connectivity index (χ4v) is 2.34. The Kier molecular flexibility index (Phi) is 3.52. The molecule has 2 atom stereocenters. The van der Waals surface area contributed by atoms with Crippen molar-refractivity contribution in [1.29, 1.82) is 0 Å². The fourth-order valence-electron chi connectivity index (χ4n) is 2.34. The molecule has 2 heteroatoms. The standard InChI is InChI=1S/C13H14N2.C2H6/c1-15-12-8-4-2-6-10(12)14-11-7-3-5-9-13(11)15;1-2/h2-10,12,14H,1H3;1-2H3. The second kappa shape index (κ2) is 5.09. The Morgan fingerprint density at radius 3 is 2.59 bits per heavy atom. The molecule has 1 aromatic rings. The maximum atomic E-state index is 3.55. The van der Waals surface area contributed by atoms with Gasteiger partial charge in [-0.25, -0.2) is 0 Å². The molecule has 0 saturated carbocycles. The fraction of sp³-hybridized carbons (Fsp3) is 0.333. The van der Waals surface area contributed by atoms with Gasteiger partial charge in [0.25, 0.3) is 0 Å². The predicted octanol–water partition coefficient (Wildman–Crippen LogP) is 3.44. The highest BCUT2D eigenvalue weighted by Gasteiger charge is 2.28. The van der Waals surface area contributed by atoms with E-state index in [4.69, 9.17) is 0 Å². The van der Waals surface area contributed by atoms with Gasteiger partial charge in [-0.2, -0.15) is 0 Å². The zero-order valence-electron chi connectivity index (χ0n) is 10.7. The number of hydrogen-bond donors (Lipinski definition) is 1. The van der Waals surface area contributed by atoms with E-state index in [2.05, 4.69) is 65.8 Å². The Labute approximate surface area is 104 Å². The first-order valence-corrected chi connectivity index (χ1v) is 6.30. The van der Waals surface area contributed by atoms with E-state index in [0.29, 0.717) is 12.1 Å². The maximum absolute atomic E-state index is 3.55. The first-order valence-electron chi connectivity index (χ1n) is 6.30. The van der Waals surface area contributed by atoms with Gasteiger partial charge >= 0.3 is 0 Å². The Hall–Kier alpha value is -1.70. The van der Waals surface area contributed by atoms with E-state index < -0.39 is 0 Å². The summed E-state index contributed by atoms with van der Waals surface area (Å²) in [5.41, 5.74) is 2.50. The van der Waals surface area contributed by atoms with E-state index in [1.54, 1.807) is 0 Å². The van der Waals surface area contributed by atoms with Gasteiger partial charge in [-0.15, -0.1) is 0 Å². The predicted molar refractivity (Wildman–Crippen MR) is 75.7 cm³/mol. The average Bonchev–Trinajstić information content (AvgIpc) is 2.41. The van der Waals surface area contributed by atoms with Crippen LogP contribution in [0.5, 0.6) is 0 Å². The summed E-state index contributed by atoms with van der Waals surface area (Å²) in [4.78, 5) is 2.33. The normalized spacial score (nSPS) is 24.1. The molecule has 1 aliphatic carbocycles. The minimum absolute atomic E-state index is 0.398. The van der Waals surface area contributed by atoms with Gasteiger partial charge in [0.15, 0.2) is 0 Å². The van der Waals surface area contributed by atoms with Crippen LogP contribution in [0.1, 0.15) is 13.8 Å². The number of nitrogens with zero attached hydrogens (tertiary/aromatic N) is 1. The van der Waals surface area contributed by atoms with Gasteiger partial charge in [-0.3, -0.25) is 0 Å². The minimum atomic E-state index is 0.398. The van der Waals surface area contributed by atoms with Crippen LogP contribution in [-0.4, -0.2) is 19.1 Å². The summed E-state index contributed by atoms with van der Waals surface area (Å²) in [6, 6.07) is 9.28. The van der Waals surface area contributed by atoms with Crippen LogP contribution in [0.15, 0.2) is 48.6 Å². The maximum Gasteiger partial charge on any atom is 0.0711 e. The molecule has 17 heavy (non-hydrogen) atoms. The molecule has 0 amide bonds. The Balaban J connectivity index is 0.000000514. The highest BCUT2D eigenvalue weighted by atomic mass is 15.2. The third kappa shape index (κ3) is 2.07. The number of allylic oxidation sites excluding steroid dienone is 2. The van der Waals surface area contributed by atoms with Crippen molar-refractivity contribution in [3.8, 4) is 0 Å². The average molecular weight is 228 g/mol. The molecule has 0 bridgehead atoms. The van der Waals surface area contributed by atoms with Crippen LogP contribution >= 0.6 is 0 Å². The molecule has 3 rings (SSSR count). The van der Waals surface area contributed by atoms with E-state index in [0.717, 1.165) is 0 Å². The van der Waals surface area contributed by atoms with Crippen LogP contribution in [0, 0.1) is 0 Å². The second-order valence-electron chi connectivity index (χ2n) is 4.06. The summed E-state index contributed by atoms with van der Waals surface area (Å²) in [7, 11) is 2.15. The Bertz CT molecular complexity index is 434. The summed E-state index contributed by atoms with van der Waals surface area (Å²) in [6.07, 6.45) is 8.69. The molecule has 2 nitrogen and oxygen atoms in total. The van der Waals surface area contributed by atoms with Crippen molar-refractivity contribution in [2.24, 2.45) is 0 Å². The molecule has 0 aromatic heterocycles. The molecular weight excluding hydrogens is 208 g/mol. The van der Waals surface area contributed by atoms with Crippen LogP contribution in [-0.2, 0) is 0 Å². The Morgan fingerprint density at radius 2 is 1.76 bits per heavy atom. The van der Waals surface area contributed by atoms with Gasteiger partial charge < -0.3 is 10.2 Å². The molecule has 0 radical (unpaired) electrons. The quantitative estimate of drug-likeness (QED) is 0.731. The lowest BCUT2D eigenvalue weighted by atomic mass is 9.97. The van der Waals surface area contributed by atoms with E-state index in [1.807, 2.05) is 13.8 Å². The zero-order valence-corrected chi connectivity index (χ0v) is 10.7. The van der Waals surface area contributed by atoms with E-state index in [-0.39, 0.29) is 0 Å². The van der Waals surface area contributed by atoms with Gasteiger partial charge in [0.2, 0.25) is 0 Å². The topological polar surface area (TPSA) is 15.3 Å². The van der Waals surface area contributed by atoms with Crippen molar-refractivity contribution in [3.63, 3.8) is 0 Å². The van der Waals surface area contributed by atoms with Gasteiger partial charge in [0.05, 0.1) is 23.5 Å². The molecule has 1 aliphatic heterocycles. The van der Waals surface area contributed by atoms with Crippen LogP contribution in [0.4, 0.5) is 11.4 Å². The molecule has 2 unspecified atom stereocenters. The zero-order chi connectivity index (χ0) is 12.3. The number of nitrogens with one attached hydrogen (secondary N) is 1. The molecule has 90 valence electrons. The van der Waals surface area contributed by atoms with Gasteiger partial charge in [-0.1, -0.05) is 50.3 Å². The van der Waals surface area contributed by atoms with Crippen molar-refractivity contribution >= 4 is 11.4 Å². The van der Waals surface area contributed by atoms with Crippen molar-refractivity contribution in [3.05, 3.63) is 48.6 Å².